The predicted octanol–water partition coefficient (Wildman–Crippen LogP) is 4.28. The van der Waals surface area contributed by atoms with Gasteiger partial charge in [0.25, 0.3) is 5.56 Å². The lowest BCUT2D eigenvalue weighted by molar-refractivity contribution is 0.579. The number of aromatic nitrogens is 2. The van der Waals surface area contributed by atoms with Gasteiger partial charge in [-0.3, -0.25) is 4.79 Å². The van der Waals surface area contributed by atoms with Gasteiger partial charge in [0, 0.05) is 17.2 Å². The number of nitrogens with zero attached hydrogens (tertiary/aromatic N) is 2. The molecule has 1 aromatic heterocycles. The van der Waals surface area contributed by atoms with Gasteiger partial charge in [-0.2, -0.15) is 9.78 Å². The topological polar surface area (TPSA) is 34.9 Å². The van der Waals surface area contributed by atoms with Gasteiger partial charge in [-0.05, 0) is 37.3 Å². The van der Waals surface area contributed by atoms with E-state index in [0.29, 0.717) is 17.2 Å². The van der Waals surface area contributed by atoms with E-state index in [9.17, 15) is 18.0 Å². The Morgan fingerprint density at radius 3 is 2.29 bits per heavy atom. The molecule has 0 N–H and O–H groups in total. The summed E-state index contributed by atoms with van der Waals surface area (Å²) >= 11 is 5.65. The van der Waals surface area contributed by atoms with Gasteiger partial charge in [-0.15, -0.1) is 0 Å². The zero-order valence-electron chi connectivity index (χ0n) is 12.4. The fourth-order valence-corrected chi connectivity index (χ4v) is 2.37. The molecule has 0 saturated carbocycles. The van der Waals surface area contributed by atoms with E-state index in [0.717, 1.165) is 16.8 Å². The summed E-state index contributed by atoms with van der Waals surface area (Å²) in [5.74, 6) is -2.30. The standard InChI is InChI=1S/C17H10ClF3N2O/c1-9-4-16(10-2-3-14(18)15(21)5-10)22-23(17(9)24)13-7-11(19)6-12(20)8-13/h2-8H,1H3. The molecule has 122 valence electrons. The number of rotatable bonds is 2. The fraction of sp³-hybridized carbons (Fsp3) is 0.0588. The van der Waals surface area contributed by atoms with Crippen molar-refractivity contribution in [3.8, 4) is 16.9 Å². The quantitative estimate of drug-likeness (QED) is 0.691. The van der Waals surface area contributed by atoms with Crippen molar-refractivity contribution in [1.82, 2.24) is 9.78 Å². The van der Waals surface area contributed by atoms with Crippen LogP contribution in [0.1, 0.15) is 5.56 Å². The lowest BCUT2D eigenvalue weighted by Gasteiger charge is -2.10. The van der Waals surface area contributed by atoms with Crippen molar-refractivity contribution >= 4 is 11.6 Å². The normalized spacial score (nSPS) is 10.9. The zero-order valence-corrected chi connectivity index (χ0v) is 13.1. The Balaban J connectivity index is 2.22. The number of halogens is 4. The maximum Gasteiger partial charge on any atom is 0.274 e. The van der Waals surface area contributed by atoms with Crippen molar-refractivity contribution in [3.63, 3.8) is 0 Å². The lowest BCUT2D eigenvalue weighted by Crippen LogP contribution is -2.24. The minimum absolute atomic E-state index is 0.0454. The summed E-state index contributed by atoms with van der Waals surface area (Å²) in [6, 6.07) is 8.21. The molecule has 0 fully saturated rings. The number of hydrogen-bond donors (Lipinski definition) is 0. The summed E-state index contributed by atoms with van der Waals surface area (Å²) < 4.78 is 41.4. The highest BCUT2D eigenvalue weighted by Crippen LogP contribution is 2.23. The largest absolute Gasteiger partial charge is 0.274 e. The van der Waals surface area contributed by atoms with Crippen molar-refractivity contribution in [1.29, 1.82) is 0 Å². The predicted molar refractivity (Wildman–Crippen MR) is 84.9 cm³/mol. The molecule has 2 aromatic carbocycles. The second-order valence-electron chi connectivity index (χ2n) is 5.19. The minimum Gasteiger partial charge on any atom is -0.267 e. The van der Waals surface area contributed by atoms with Crippen LogP contribution < -0.4 is 5.56 Å². The van der Waals surface area contributed by atoms with Crippen LogP contribution in [0, 0.1) is 24.4 Å². The Kier molecular flexibility index (Phi) is 4.15. The molecule has 0 spiro atoms. The molecule has 0 unspecified atom stereocenters. The van der Waals surface area contributed by atoms with Crippen LogP contribution in [0.4, 0.5) is 13.2 Å². The highest BCUT2D eigenvalue weighted by Gasteiger charge is 2.12. The molecule has 24 heavy (non-hydrogen) atoms. The van der Waals surface area contributed by atoms with Crippen LogP contribution in [-0.2, 0) is 0 Å². The Hall–Kier alpha value is -2.60. The first-order chi connectivity index (χ1) is 11.3. The average Bonchev–Trinajstić information content (AvgIpc) is 2.51. The van der Waals surface area contributed by atoms with E-state index in [4.69, 9.17) is 11.6 Å². The van der Waals surface area contributed by atoms with Gasteiger partial charge in [-0.1, -0.05) is 17.7 Å². The van der Waals surface area contributed by atoms with Gasteiger partial charge in [0.2, 0.25) is 0 Å². The SMILES string of the molecule is Cc1cc(-c2ccc(Cl)c(F)c2)nn(-c2cc(F)cc(F)c2)c1=O. The Bertz CT molecular complexity index is 981. The molecule has 7 heteroatoms. The minimum atomic E-state index is -0.834. The molecular weight excluding hydrogens is 341 g/mol. The Morgan fingerprint density at radius 1 is 1.00 bits per heavy atom. The average molecular weight is 351 g/mol. The van der Waals surface area contributed by atoms with Crippen LogP contribution in [0.5, 0.6) is 0 Å². The Morgan fingerprint density at radius 2 is 1.67 bits per heavy atom. The van der Waals surface area contributed by atoms with Crippen LogP contribution in [0.2, 0.25) is 5.02 Å². The molecule has 0 aliphatic carbocycles. The first-order valence-electron chi connectivity index (χ1n) is 6.88. The van der Waals surface area contributed by atoms with Crippen molar-refractivity contribution in [2.75, 3.05) is 0 Å². The van der Waals surface area contributed by atoms with E-state index in [1.54, 1.807) is 0 Å². The summed E-state index contributed by atoms with van der Waals surface area (Å²) in [5.41, 5.74) is 0.355. The third-order valence-electron chi connectivity index (χ3n) is 3.40. The molecule has 0 saturated heterocycles. The highest BCUT2D eigenvalue weighted by atomic mass is 35.5. The van der Waals surface area contributed by atoms with Gasteiger partial charge in [0.05, 0.1) is 16.4 Å². The van der Waals surface area contributed by atoms with E-state index in [2.05, 4.69) is 5.10 Å². The third-order valence-corrected chi connectivity index (χ3v) is 3.70. The number of hydrogen-bond acceptors (Lipinski definition) is 2. The van der Waals surface area contributed by atoms with Crippen molar-refractivity contribution in [2.24, 2.45) is 0 Å². The van der Waals surface area contributed by atoms with E-state index >= 15 is 0 Å². The first-order valence-corrected chi connectivity index (χ1v) is 7.26. The number of benzene rings is 2. The molecule has 0 bridgehead atoms. The van der Waals surface area contributed by atoms with Crippen LogP contribution in [0.15, 0.2) is 47.3 Å². The monoisotopic (exact) mass is 350 g/mol. The van der Waals surface area contributed by atoms with Crippen molar-refractivity contribution < 1.29 is 13.2 Å². The molecule has 3 rings (SSSR count). The lowest BCUT2D eigenvalue weighted by atomic mass is 10.1. The van der Waals surface area contributed by atoms with E-state index in [-0.39, 0.29) is 16.4 Å². The smallest absolute Gasteiger partial charge is 0.267 e. The zero-order chi connectivity index (χ0) is 17.4. The maximum absolute atomic E-state index is 13.6. The van der Waals surface area contributed by atoms with Crippen LogP contribution in [-0.4, -0.2) is 9.78 Å². The first kappa shape index (κ1) is 16.3. The maximum atomic E-state index is 13.6. The molecule has 3 aromatic rings. The van der Waals surface area contributed by atoms with Gasteiger partial charge >= 0.3 is 0 Å². The fourth-order valence-electron chi connectivity index (χ4n) is 2.25. The van der Waals surface area contributed by atoms with Crippen molar-refractivity contribution in [2.45, 2.75) is 6.92 Å². The van der Waals surface area contributed by atoms with Gasteiger partial charge < -0.3 is 0 Å². The van der Waals surface area contributed by atoms with E-state index < -0.39 is 23.0 Å². The molecule has 0 aliphatic heterocycles. The van der Waals surface area contributed by atoms with Crippen LogP contribution in [0.25, 0.3) is 16.9 Å². The number of aryl methyl sites for hydroxylation is 1. The summed E-state index contributed by atoms with van der Waals surface area (Å²) in [4.78, 5) is 12.3. The Labute approximate surface area is 139 Å². The van der Waals surface area contributed by atoms with Gasteiger partial charge in [0.1, 0.15) is 17.5 Å². The van der Waals surface area contributed by atoms with Crippen molar-refractivity contribution in [3.05, 3.63) is 80.9 Å². The molecule has 0 radical (unpaired) electrons. The van der Waals surface area contributed by atoms with E-state index in [1.807, 2.05) is 0 Å². The summed E-state index contributed by atoms with van der Waals surface area (Å²) in [7, 11) is 0. The van der Waals surface area contributed by atoms with Crippen LogP contribution in [0.3, 0.4) is 0 Å². The van der Waals surface area contributed by atoms with Gasteiger partial charge in [0.15, 0.2) is 0 Å². The molecule has 0 amide bonds. The highest BCUT2D eigenvalue weighted by molar-refractivity contribution is 6.30. The molecule has 0 aliphatic rings. The summed E-state index contributed by atoms with van der Waals surface area (Å²) in [5, 5.41) is 4.04. The summed E-state index contributed by atoms with van der Waals surface area (Å²) in [6.45, 7) is 1.53. The summed E-state index contributed by atoms with van der Waals surface area (Å²) in [6.07, 6.45) is 0. The van der Waals surface area contributed by atoms with E-state index in [1.165, 1.54) is 31.2 Å². The van der Waals surface area contributed by atoms with Gasteiger partial charge in [-0.25, -0.2) is 13.2 Å². The second kappa shape index (κ2) is 6.13. The molecule has 3 nitrogen and oxygen atoms in total. The van der Waals surface area contributed by atoms with Crippen LogP contribution >= 0.6 is 11.6 Å². The molecule has 0 atom stereocenters. The third kappa shape index (κ3) is 3.05. The second-order valence-corrected chi connectivity index (χ2v) is 5.59. The molecular formula is C17H10ClF3N2O. The molecule has 1 heterocycles.